The van der Waals surface area contributed by atoms with Gasteiger partial charge >= 0.3 is 5.97 Å². The number of nitrogens with one attached hydrogen (secondary N) is 3. The van der Waals surface area contributed by atoms with Crippen molar-refractivity contribution < 1.29 is 29.1 Å². The van der Waals surface area contributed by atoms with Crippen molar-refractivity contribution in [3.8, 4) is 0 Å². The maximum absolute atomic E-state index is 12.1. The van der Waals surface area contributed by atoms with Crippen molar-refractivity contribution in [3.05, 3.63) is 0 Å². The minimum absolute atomic E-state index is 0.195. The van der Waals surface area contributed by atoms with E-state index in [0.29, 0.717) is 0 Å². The van der Waals surface area contributed by atoms with Gasteiger partial charge in [0.15, 0.2) is 0 Å². The summed E-state index contributed by atoms with van der Waals surface area (Å²) >= 11 is 3.79. The molecule has 0 aliphatic heterocycles. The number of nitrogens with two attached hydrogens (primary N) is 2. The maximum Gasteiger partial charge on any atom is 0.327 e. The van der Waals surface area contributed by atoms with Crippen LogP contribution in [0, 0.1) is 0 Å². The third kappa shape index (κ3) is 8.35. The van der Waals surface area contributed by atoms with Gasteiger partial charge < -0.3 is 32.5 Å². The second-order valence-corrected chi connectivity index (χ2v) is 5.70. The smallest absolute Gasteiger partial charge is 0.327 e. The number of carbonyl (C=O) groups excluding carboxylic acids is 4. The molecule has 25 heavy (non-hydrogen) atoms. The molecule has 0 saturated carbocycles. The largest absolute Gasteiger partial charge is 0.480 e. The van der Waals surface area contributed by atoms with E-state index in [1.807, 2.05) is 0 Å². The van der Waals surface area contributed by atoms with E-state index >= 15 is 0 Å². The van der Waals surface area contributed by atoms with Gasteiger partial charge in [0, 0.05) is 5.75 Å². The second kappa shape index (κ2) is 10.5. The van der Waals surface area contributed by atoms with Crippen LogP contribution in [0.15, 0.2) is 0 Å². The molecule has 0 fully saturated rings. The molecule has 11 nitrogen and oxygen atoms in total. The quantitative estimate of drug-likeness (QED) is 0.194. The molecule has 0 saturated heterocycles. The Balaban J connectivity index is 5.00. The fraction of sp³-hybridized carbons (Fsp3) is 0.615. The Hall–Kier alpha value is -2.34. The van der Waals surface area contributed by atoms with E-state index in [9.17, 15) is 24.0 Å². The maximum atomic E-state index is 12.1. The normalized spacial score (nSPS) is 15.2. The number of hydrogen-bond acceptors (Lipinski definition) is 7. The summed E-state index contributed by atoms with van der Waals surface area (Å²) < 4.78 is 0. The lowest BCUT2D eigenvalue weighted by Crippen LogP contribution is -2.57. The highest BCUT2D eigenvalue weighted by molar-refractivity contribution is 7.80. The van der Waals surface area contributed by atoms with E-state index in [4.69, 9.17) is 16.6 Å². The van der Waals surface area contributed by atoms with Crippen molar-refractivity contribution in [2.75, 3.05) is 5.75 Å². The molecule has 0 aliphatic rings. The molecular formula is C13H23N5O6S. The second-order valence-electron chi connectivity index (χ2n) is 5.33. The van der Waals surface area contributed by atoms with Gasteiger partial charge in [-0.3, -0.25) is 19.2 Å². The topological polar surface area (TPSA) is 194 Å². The van der Waals surface area contributed by atoms with Gasteiger partial charge in [-0.2, -0.15) is 12.6 Å². The van der Waals surface area contributed by atoms with Gasteiger partial charge in [0.2, 0.25) is 23.6 Å². The van der Waals surface area contributed by atoms with Crippen molar-refractivity contribution in [1.29, 1.82) is 0 Å². The molecule has 0 aromatic rings. The van der Waals surface area contributed by atoms with Gasteiger partial charge in [-0.05, 0) is 13.8 Å². The lowest BCUT2D eigenvalue weighted by molar-refractivity contribution is -0.141. The van der Waals surface area contributed by atoms with Crippen LogP contribution in [0.2, 0.25) is 0 Å². The van der Waals surface area contributed by atoms with Crippen molar-refractivity contribution in [3.63, 3.8) is 0 Å². The van der Waals surface area contributed by atoms with Crippen molar-refractivity contribution >= 4 is 42.2 Å². The van der Waals surface area contributed by atoms with Gasteiger partial charge in [0.25, 0.3) is 0 Å². The lowest BCUT2D eigenvalue weighted by atomic mass is 10.1. The van der Waals surface area contributed by atoms with Crippen LogP contribution in [-0.4, -0.2) is 64.6 Å². The van der Waals surface area contributed by atoms with Crippen LogP contribution in [0.1, 0.15) is 20.3 Å². The third-order valence-electron chi connectivity index (χ3n) is 3.00. The predicted octanol–water partition coefficient (Wildman–Crippen LogP) is -3.30. The van der Waals surface area contributed by atoms with Gasteiger partial charge in [-0.15, -0.1) is 0 Å². The van der Waals surface area contributed by atoms with Gasteiger partial charge in [0.05, 0.1) is 12.5 Å². The number of carboxylic acids is 1. The molecule has 0 bridgehead atoms. The summed E-state index contributed by atoms with van der Waals surface area (Å²) in [5.74, 6) is -4.68. The van der Waals surface area contributed by atoms with Crippen LogP contribution in [0.5, 0.6) is 0 Å². The average molecular weight is 377 g/mol. The highest BCUT2D eigenvalue weighted by Gasteiger charge is 2.29. The van der Waals surface area contributed by atoms with Gasteiger partial charge in [-0.25, -0.2) is 4.79 Å². The number of hydrogen-bond donors (Lipinski definition) is 7. The Bertz CT molecular complexity index is 541. The van der Waals surface area contributed by atoms with E-state index in [-0.39, 0.29) is 5.75 Å². The number of carbonyl (C=O) groups is 5. The molecule has 0 aromatic carbocycles. The van der Waals surface area contributed by atoms with Gasteiger partial charge in [-0.1, -0.05) is 0 Å². The number of aliphatic carboxylic acids is 1. The van der Waals surface area contributed by atoms with Crippen molar-refractivity contribution in [1.82, 2.24) is 16.0 Å². The Kier molecular flexibility index (Phi) is 9.53. The Morgan fingerprint density at radius 2 is 1.48 bits per heavy atom. The molecule has 4 amide bonds. The van der Waals surface area contributed by atoms with E-state index < -0.39 is 60.2 Å². The number of primary amides is 1. The highest BCUT2D eigenvalue weighted by atomic mass is 32.1. The summed E-state index contributed by atoms with van der Waals surface area (Å²) in [6.07, 6.45) is -0.551. The van der Waals surface area contributed by atoms with E-state index in [2.05, 4.69) is 28.6 Å². The number of thiol groups is 1. The molecule has 4 atom stereocenters. The molecule has 0 unspecified atom stereocenters. The Morgan fingerprint density at radius 1 is 0.960 bits per heavy atom. The van der Waals surface area contributed by atoms with Gasteiger partial charge in [0.1, 0.15) is 18.1 Å². The molecule has 8 N–H and O–H groups in total. The summed E-state index contributed by atoms with van der Waals surface area (Å²) in [5.41, 5.74) is 10.4. The van der Waals surface area contributed by atoms with Crippen LogP contribution >= 0.6 is 12.6 Å². The van der Waals surface area contributed by atoms with Crippen LogP contribution in [0.3, 0.4) is 0 Å². The number of amides is 4. The number of rotatable bonds is 10. The fourth-order valence-electron chi connectivity index (χ4n) is 1.58. The zero-order chi connectivity index (χ0) is 19.7. The monoisotopic (exact) mass is 377 g/mol. The minimum atomic E-state index is -1.40. The molecule has 0 aliphatic carbocycles. The zero-order valence-electron chi connectivity index (χ0n) is 13.8. The van der Waals surface area contributed by atoms with Crippen LogP contribution in [-0.2, 0) is 24.0 Å². The van der Waals surface area contributed by atoms with Crippen molar-refractivity contribution in [2.45, 2.75) is 44.4 Å². The minimum Gasteiger partial charge on any atom is -0.480 e. The van der Waals surface area contributed by atoms with E-state index in [1.165, 1.54) is 13.8 Å². The molecule has 0 rings (SSSR count). The summed E-state index contributed by atoms with van der Waals surface area (Å²) in [4.78, 5) is 57.6. The SMILES string of the molecule is C[C@H](N)C(=O)N[C@@H](C)C(=O)N[C@@H](CC(N)=O)C(=O)N[C@@H](CS)C(=O)O. The molecular weight excluding hydrogens is 354 g/mol. The first-order valence-corrected chi connectivity index (χ1v) is 7.91. The average Bonchev–Trinajstić information content (AvgIpc) is 2.50. The number of carboxylic acid groups (broad SMARTS) is 1. The Labute approximate surface area is 149 Å². The van der Waals surface area contributed by atoms with E-state index in [0.717, 1.165) is 0 Å². The predicted molar refractivity (Wildman–Crippen MR) is 90.4 cm³/mol. The first kappa shape index (κ1) is 22.7. The first-order chi connectivity index (χ1) is 11.5. The van der Waals surface area contributed by atoms with Crippen LogP contribution in [0.25, 0.3) is 0 Å². The summed E-state index contributed by atoms with van der Waals surface area (Å²) in [6.45, 7) is 2.77. The molecule has 0 spiro atoms. The summed E-state index contributed by atoms with van der Waals surface area (Å²) in [5, 5.41) is 15.6. The zero-order valence-corrected chi connectivity index (χ0v) is 14.7. The van der Waals surface area contributed by atoms with E-state index in [1.54, 1.807) is 0 Å². The lowest BCUT2D eigenvalue weighted by Gasteiger charge is -2.22. The van der Waals surface area contributed by atoms with Crippen LogP contribution < -0.4 is 27.4 Å². The summed E-state index contributed by atoms with van der Waals surface area (Å²) in [7, 11) is 0. The molecule has 0 radical (unpaired) electrons. The highest BCUT2D eigenvalue weighted by Crippen LogP contribution is 1.97. The molecule has 0 aromatic heterocycles. The third-order valence-corrected chi connectivity index (χ3v) is 3.37. The van der Waals surface area contributed by atoms with Crippen molar-refractivity contribution in [2.24, 2.45) is 11.5 Å². The molecule has 12 heteroatoms. The van der Waals surface area contributed by atoms with Crippen LogP contribution in [0.4, 0.5) is 0 Å². The Morgan fingerprint density at radius 3 is 1.88 bits per heavy atom. The summed E-state index contributed by atoms with van der Waals surface area (Å²) in [6, 6.07) is -4.59. The molecule has 0 heterocycles. The fourth-order valence-corrected chi connectivity index (χ4v) is 1.82. The standard InChI is InChI=1S/C13H23N5O6S/c1-5(14)10(20)16-6(2)11(21)17-7(3-9(15)19)12(22)18-8(4-25)13(23)24/h5-8,25H,3-4,14H2,1-2H3,(H2,15,19)(H,16,20)(H,17,21)(H,18,22)(H,23,24)/t5-,6-,7-,8-/m0/s1. The first-order valence-electron chi connectivity index (χ1n) is 7.28. The molecule has 142 valence electrons.